The van der Waals surface area contributed by atoms with Crippen molar-refractivity contribution in [1.82, 2.24) is 0 Å². The van der Waals surface area contributed by atoms with Crippen molar-refractivity contribution in [1.29, 1.82) is 0 Å². The van der Waals surface area contributed by atoms with Gasteiger partial charge in [-0.3, -0.25) is 0 Å². The normalized spacial score (nSPS) is 28.6. The van der Waals surface area contributed by atoms with Crippen LogP contribution in [0.2, 0.25) is 0 Å². The molecule has 5 atom stereocenters. The molecule has 0 radical (unpaired) electrons. The molecule has 2 aromatic rings. The Morgan fingerprint density at radius 3 is 1.88 bits per heavy atom. The van der Waals surface area contributed by atoms with E-state index in [1.165, 1.54) is 0 Å². The van der Waals surface area contributed by atoms with Crippen molar-refractivity contribution in [2.75, 3.05) is 7.11 Å². The van der Waals surface area contributed by atoms with Crippen LogP contribution in [0.1, 0.15) is 18.1 Å². The molecule has 0 amide bonds. The van der Waals surface area contributed by atoms with Crippen LogP contribution in [0.4, 0.5) is 0 Å². The summed E-state index contributed by atoms with van der Waals surface area (Å²) in [4.78, 5) is 0. The molecular weight excluding hydrogens is 336 g/mol. The second-order valence-corrected chi connectivity index (χ2v) is 6.47. The molecule has 26 heavy (non-hydrogen) atoms. The SMILES string of the molecule is COc1ccc(Cc2ccc(O[C@H]3O[C@@H](C)[C@@H](O)[C@@H](O)[C@@H]3O)cc2)cc1. The van der Waals surface area contributed by atoms with Gasteiger partial charge in [0.1, 0.15) is 29.8 Å². The fraction of sp³-hybridized carbons (Fsp3) is 0.400. The lowest BCUT2D eigenvalue weighted by Gasteiger charge is -2.38. The number of aliphatic hydroxyl groups is 3. The van der Waals surface area contributed by atoms with Crippen molar-refractivity contribution in [3.63, 3.8) is 0 Å². The number of benzene rings is 2. The molecule has 0 saturated carbocycles. The van der Waals surface area contributed by atoms with Gasteiger partial charge in [0.15, 0.2) is 0 Å². The quantitative estimate of drug-likeness (QED) is 0.749. The van der Waals surface area contributed by atoms with E-state index in [0.29, 0.717) is 5.75 Å². The Bertz CT molecular complexity index is 699. The third-order valence-electron chi connectivity index (χ3n) is 4.55. The van der Waals surface area contributed by atoms with Gasteiger partial charge >= 0.3 is 0 Å². The van der Waals surface area contributed by atoms with E-state index in [4.69, 9.17) is 14.2 Å². The van der Waals surface area contributed by atoms with Crippen LogP contribution in [0.15, 0.2) is 48.5 Å². The van der Waals surface area contributed by atoms with Gasteiger partial charge in [0.05, 0.1) is 13.2 Å². The Morgan fingerprint density at radius 2 is 1.35 bits per heavy atom. The summed E-state index contributed by atoms with van der Waals surface area (Å²) >= 11 is 0. The average Bonchev–Trinajstić information content (AvgIpc) is 2.66. The zero-order valence-corrected chi connectivity index (χ0v) is 14.8. The lowest BCUT2D eigenvalue weighted by Crippen LogP contribution is -2.58. The molecule has 0 unspecified atom stereocenters. The molecule has 3 rings (SSSR count). The summed E-state index contributed by atoms with van der Waals surface area (Å²) in [7, 11) is 1.64. The van der Waals surface area contributed by atoms with Gasteiger partial charge in [0.2, 0.25) is 6.29 Å². The van der Waals surface area contributed by atoms with E-state index < -0.39 is 30.7 Å². The third kappa shape index (κ3) is 4.16. The molecule has 1 aliphatic heterocycles. The summed E-state index contributed by atoms with van der Waals surface area (Å²) in [6.07, 6.45) is -4.66. The Morgan fingerprint density at radius 1 is 0.808 bits per heavy atom. The Hall–Kier alpha value is -2.12. The second-order valence-electron chi connectivity index (χ2n) is 6.47. The first-order valence-corrected chi connectivity index (χ1v) is 8.56. The number of hydrogen-bond acceptors (Lipinski definition) is 6. The largest absolute Gasteiger partial charge is 0.497 e. The molecule has 1 fully saturated rings. The molecule has 1 heterocycles. The maximum atomic E-state index is 10.0. The van der Waals surface area contributed by atoms with E-state index in [-0.39, 0.29) is 0 Å². The van der Waals surface area contributed by atoms with Crippen LogP contribution in [0.5, 0.6) is 11.5 Å². The number of rotatable bonds is 5. The van der Waals surface area contributed by atoms with Crippen LogP contribution in [-0.2, 0) is 11.2 Å². The molecule has 140 valence electrons. The molecule has 0 aliphatic carbocycles. The fourth-order valence-corrected chi connectivity index (χ4v) is 2.91. The van der Waals surface area contributed by atoms with Gasteiger partial charge in [-0.05, 0) is 48.7 Å². The monoisotopic (exact) mass is 360 g/mol. The Balaban J connectivity index is 1.62. The van der Waals surface area contributed by atoms with E-state index in [0.717, 1.165) is 23.3 Å². The van der Waals surface area contributed by atoms with E-state index >= 15 is 0 Å². The van der Waals surface area contributed by atoms with Gasteiger partial charge in [-0.25, -0.2) is 0 Å². The van der Waals surface area contributed by atoms with Crippen molar-refractivity contribution in [3.05, 3.63) is 59.7 Å². The summed E-state index contributed by atoms with van der Waals surface area (Å²) in [5, 5.41) is 29.6. The number of methoxy groups -OCH3 is 1. The van der Waals surface area contributed by atoms with Gasteiger partial charge in [0.25, 0.3) is 0 Å². The Kier molecular flexibility index (Phi) is 5.78. The third-order valence-corrected chi connectivity index (χ3v) is 4.55. The van der Waals surface area contributed by atoms with Crippen LogP contribution in [0.3, 0.4) is 0 Å². The zero-order valence-electron chi connectivity index (χ0n) is 14.8. The maximum Gasteiger partial charge on any atom is 0.229 e. The highest BCUT2D eigenvalue weighted by atomic mass is 16.7. The summed E-state index contributed by atoms with van der Waals surface area (Å²) in [6, 6.07) is 15.3. The van der Waals surface area contributed by atoms with Crippen LogP contribution in [0, 0.1) is 0 Å². The molecule has 0 bridgehead atoms. The van der Waals surface area contributed by atoms with Gasteiger partial charge in [-0.15, -0.1) is 0 Å². The molecule has 1 aliphatic rings. The predicted molar refractivity (Wildman–Crippen MR) is 95.2 cm³/mol. The summed E-state index contributed by atoms with van der Waals surface area (Å²) < 4.78 is 16.2. The highest BCUT2D eigenvalue weighted by Crippen LogP contribution is 2.25. The lowest BCUT2D eigenvalue weighted by molar-refractivity contribution is -0.268. The van der Waals surface area contributed by atoms with Crippen LogP contribution in [-0.4, -0.2) is 53.1 Å². The van der Waals surface area contributed by atoms with E-state index in [2.05, 4.69) is 0 Å². The summed E-state index contributed by atoms with van der Waals surface area (Å²) in [5.74, 6) is 1.34. The van der Waals surface area contributed by atoms with E-state index in [1.807, 2.05) is 36.4 Å². The van der Waals surface area contributed by atoms with Crippen LogP contribution < -0.4 is 9.47 Å². The minimum atomic E-state index is -1.32. The summed E-state index contributed by atoms with van der Waals surface area (Å²) in [6.45, 7) is 1.62. The Labute approximate surface area is 152 Å². The highest BCUT2D eigenvalue weighted by Gasteiger charge is 2.43. The lowest BCUT2D eigenvalue weighted by atomic mass is 10.00. The molecule has 2 aromatic carbocycles. The van der Waals surface area contributed by atoms with E-state index in [9.17, 15) is 15.3 Å². The van der Waals surface area contributed by atoms with Gasteiger partial charge in [-0.1, -0.05) is 24.3 Å². The second kappa shape index (κ2) is 8.05. The molecule has 6 heteroatoms. The molecule has 0 spiro atoms. The van der Waals surface area contributed by atoms with Gasteiger partial charge in [-0.2, -0.15) is 0 Å². The number of ether oxygens (including phenoxy) is 3. The minimum Gasteiger partial charge on any atom is -0.497 e. The minimum absolute atomic E-state index is 0.517. The zero-order chi connectivity index (χ0) is 18.7. The standard InChI is InChI=1S/C20H24O6/c1-12-17(21)18(22)19(23)20(25-12)26-16-9-5-14(6-10-16)11-13-3-7-15(24-2)8-4-13/h3-10,12,17-23H,11H2,1-2H3/t12-,17+,18+,19-,20+/m0/s1. The van der Waals surface area contributed by atoms with Crippen LogP contribution in [0.25, 0.3) is 0 Å². The van der Waals surface area contributed by atoms with E-state index in [1.54, 1.807) is 26.2 Å². The first-order valence-electron chi connectivity index (χ1n) is 8.56. The molecule has 1 saturated heterocycles. The maximum absolute atomic E-state index is 10.0. The fourth-order valence-electron chi connectivity index (χ4n) is 2.91. The number of aliphatic hydroxyl groups excluding tert-OH is 3. The first-order chi connectivity index (χ1) is 12.5. The summed E-state index contributed by atoms with van der Waals surface area (Å²) in [5.41, 5.74) is 2.27. The first kappa shape index (κ1) is 18.7. The van der Waals surface area contributed by atoms with Crippen LogP contribution >= 0.6 is 0 Å². The molecule has 6 nitrogen and oxygen atoms in total. The highest BCUT2D eigenvalue weighted by molar-refractivity contribution is 5.34. The van der Waals surface area contributed by atoms with Crippen molar-refractivity contribution in [2.24, 2.45) is 0 Å². The van der Waals surface area contributed by atoms with Crippen molar-refractivity contribution in [2.45, 2.75) is 44.1 Å². The molecule has 3 N–H and O–H groups in total. The topological polar surface area (TPSA) is 88.4 Å². The molecular formula is C20H24O6. The smallest absolute Gasteiger partial charge is 0.229 e. The predicted octanol–water partition coefficient (Wildman–Crippen LogP) is 1.49. The average molecular weight is 360 g/mol. The van der Waals surface area contributed by atoms with Crippen molar-refractivity contribution < 1.29 is 29.5 Å². The van der Waals surface area contributed by atoms with Gasteiger partial charge < -0.3 is 29.5 Å². The van der Waals surface area contributed by atoms with Crippen molar-refractivity contribution >= 4 is 0 Å². The number of hydrogen-bond donors (Lipinski definition) is 3. The van der Waals surface area contributed by atoms with Crippen molar-refractivity contribution in [3.8, 4) is 11.5 Å². The molecule has 0 aromatic heterocycles. The van der Waals surface area contributed by atoms with Gasteiger partial charge in [0, 0.05) is 0 Å².